The molecule has 2 atom stereocenters. The van der Waals surface area contributed by atoms with Crippen LogP contribution < -0.4 is 4.74 Å². The van der Waals surface area contributed by atoms with Crippen LogP contribution in [-0.2, 0) is 0 Å². The SMILES string of the molecule is CC(C)Oc1cccc(C(=O)C2CC2c2ccccc2)c1. The van der Waals surface area contributed by atoms with Gasteiger partial charge in [-0.3, -0.25) is 4.79 Å². The highest BCUT2D eigenvalue weighted by molar-refractivity contribution is 6.00. The van der Waals surface area contributed by atoms with Crippen LogP contribution in [0.1, 0.15) is 42.1 Å². The molecule has 2 unspecified atom stereocenters. The van der Waals surface area contributed by atoms with Gasteiger partial charge in [0.25, 0.3) is 0 Å². The maximum absolute atomic E-state index is 12.6. The first-order valence-corrected chi connectivity index (χ1v) is 7.51. The summed E-state index contributed by atoms with van der Waals surface area (Å²) in [5.74, 6) is 1.51. The van der Waals surface area contributed by atoms with Gasteiger partial charge in [0.2, 0.25) is 0 Å². The fourth-order valence-corrected chi connectivity index (χ4v) is 2.76. The van der Waals surface area contributed by atoms with Gasteiger partial charge >= 0.3 is 0 Å². The molecule has 0 saturated heterocycles. The first-order chi connectivity index (χ1) is 10.1. The van der Waals surface area contributed by atoms with Gasteiger partial charge in [-0.1, -0.05) is 42.5 Å². The molecule has 2 nitrogen and oxygen atoms in total. The monoisotopic (exact) mass is 280 g/mol. The van der Waals surface area contributed by atoms with Crippen LogP contribution in [0.4, 0.5) is 0 Å². The van der Waals surface area contributed by atoms with E-state index in [2.05, 4.69) is 12.1 Å². The zero-order chi connectivity index (χ0) is 14.8. The van der Waals surface area contributed by atoms with Crippen molar-refractivity contribution < 1.29 is 9.53 Å². The lowest BCUT2D eigenvalue weighted by molar-refractivity contribution is 0.0964. The number of ketones is 1. The van der Waals surface area contributed by atoms with E-state index in [0.717, 1.165) is 17.7 Å². The van der Waals surface area contributed by atoms with Gasteiger partial charge in [-0.05, 0) is 43.9 Å². The molecule has 3 rings (SSSR count). The largest absolute Gasteiger partial charge is 0.491 e. The van der Waals surface area contributed by atoms with Crippen LogP contribution in [-0.4, -0.2) is 11.9 Å². The third-order valence-electron chi connectivity index (χ3n) is 3.85. The van der Waals surface area contributed by atoms with Crippen LogP contribution in [0.5, 0.6) is 5.75 Å². The van der Waals surface area contributed by atoms with Gasteiger partial charge in [0.15, 0.2) is 5.78 Å². The molecule has 0 amide bonds. The number of ether oxygens (including phenoxy) is 1. The first-order valence-electron chi connectivity index (χ1n) is 7.51. The predicted octanol–water partition coefficient (Wildman–Crippen LogP) is 4.46. The van der Waals surface area contributed by atoms with Gasteiger partial charge in [0.05, 0.1) is 6.10 Å². The summed E-state index contributed by atoms with van der Waals surface area (Å²) < 4.78 is 5.66. The van der Waals surface area contributed by atoms with E-state index in [-0.39, 0.29) is 17.8 Å². The minimum atomic E-state index is 0.119. The normalized spacial score (nSPS) is 20.3. The molecule has 0 bridgehead atoms. The number of hydrogen-bond acceptors (Lipinski definition) is 2. The van der Waals surface area contributed by atoms with Crippen LogP contribution >= 0.6 is 0 Å². The highest BCUT2D eigenvalue weighted by Crippen LogP contribution is 2.49. The zero-order valence-electron chi connectivity index (χ0n) is 12.5. The highest BCUT2D eigenvalue weighted by atomic mass is 16.5. The Kier molecular flexibility index (Phi) is 3.78. The Bertz CT molecular complexity index is 631. The number of hydrogen-bond donors (Lipinski definition) is 0. The molecule has 1 saturated carbocycles. The van der Waals surface area contributed by atoms with Crippen LogP contribution in [0, 0.1) is 5.92 Å². The maximum atomic E-state index is 12.6. The first kappa shape index (κ1) is 13.9. The summed E-state index contributed by atoms with van der Waals surface area (Å²) in [4.78, 5) is 12.6. The lowest BCUT2D eigenvalue weighted by Crippen LogP contribution is -2.07. The van der Waals surface area contributed by atoms with E-state index in [1.54, 1.807) is 0 Å². The summed E-state index contributed by atoms with van der Waals surface area (Å²) >= 11 is 0. The average Bonchev–Trinajstić information content (AvgIpc) is 3.27. The average molecular weight is 280 g/mol. The van der Waals surface area contributed by atoms with Crippen molar-refractivity contribution in [1.82, 2.24) is 0 Å². The third-order valence-corrected chi connectivity index (χ3v) is 3.85. The van der Waals surface area contributed by atoms with Crippen molar-refractivity contribution in [1.29, 1.82) is 0 Å². The highest BCUT2D eigenvalue weighted by Gasteiger charge is 2.43. The molecule has 0 heterocycles. The molecule has 1 aliphatic carbocycles. The zero-order valence-corrected chi connectivity index (χ0v) is 12.5. The molecule has 0 aliphatic heterocycles. The second-order valence-corrected chi connectivity index (χ2v) is 5.92. The summed E-state index contributed by atoms with van der Waals surface area (Å²) in [6.07, 6.45) is 1.08. The number of carbonyl (C=O) groups excluding carboxylic acids is 1. The van der Waals surface area contributed by atoms with Gasteiger partial charge in [0.1, 0.15) is 5.75 Å². The van der Waals surface area contributed by atoms with Crippen molar-refractivity contribution in [2.75, 3.05) is 0 Å². The summed E-state index contributed by atoms with van der Waals surface area (Å²) in [7, 11) is 0. The van der Waals surface area contributed by atoms with Crippen molar-refractivity contribution in [2.45, 2.75) is 32.3 Å². The number of carbonyl (C=O) groups is 1. The summed E-state index contributed by atoms with van der Waals surface area (Å²) in [5, 5.41) is 0. The van der Waals surface area contributed by atoms with E-state index >= 15 is 0 Å². The van der Waals surface area contributed by atoms with E-state index in [4.69, 9.17) is 4.74 Å². The minimum absolute atomic E-state index is 0.119. The standard InChI is InChI=1S/C19H20O2/c1-13(2)21-16-10-6-9-15(11-16)19(20)18-12-17(18)14-7-4-3-5-8-14/h3-11,13,17-18H,12H2,1-2H3. The Labute approximate surface area is 125 Å². The summed E-state index contributed by atoms with van der Waals surface area (Å²) in [6.45, 7) is 3.97. The van der Waals surface area contributed by atoms with Crippen molar-refractivity contribution >= 4 is 5.78 Å². The van der Waals surface area contributed by atoms with E-state index < -0.39 is 0 Å². The Balaban J connectivity index is 1.72. The predicted molar refractivity (Wildman–Crippen MR) is 83.8 cm³/mol. The van der Waals surface area contributed by atoms with Crippen molar-refractivity contribution in [3.63, 3.8) is 0 Å². The Morgan fingerprint density at radius 1 is 1.10 bits per heavy atom. The molecule has 0 radical (unpaired) electrons. The molecule has 2 aromatic carbocycles. The number of Topliss-reactive ketones (excluding diaryl/α,β-unsaturated/α-hetero) is 1. The summed E-state index contributed by atoms with van der Waals surface area (Å²) in [5.41, 5.74) is 2.03. The van der Waals surface area contributed by atoms with Crippen molar-refractivity contribution in [3.05, 3.63) is 65.7 Å². The van der Waals surface area contributed by atoms with Gasteiger partial charge in [0, 0.05) is 11.5 Å². The van der Waals surface area contributed by atoms with Crippen LogP contribution in [0.15, 0.2) is 54.6 Å². The fraction of sp³-hybridized carbons (Fsp3) is 0.316. The molecule has 2 heteroatoms. The lowest BCUT2D eigenvalue weighted by atomic mass is 10.0. The molecule has 1 aliphatic rings. The minimum Gasteiger partial charge on any atom is -0.491 e. The molecule has 2 aromatic rings. The van der Waals surface area contributed by atoms with Crippen molar-refractivity contribution in [2.24, 2.45) is 5.92 Å². The van der Waals surface area contributed by atoms with E-state index in [1.165, 1.54) is 5.56 Å². The van der Waals surface area contributed by atoms with Gasteiger partial charge in [-0.2, -0.15) is 0 Å². The second-order valence-electron chi connectivity index (χ2n) is 5.92. The maximum Gasteiger partial charge on any atom is 0.166 e. The van der Waals surface area contributed by atoms with Crippen LogP contribution in [0.3, 0.4) is 0 Å². The Morgan fingerprint density at radius 2 is 1.86 bits per heavy atom. The lowest BCUT2D eigenvalue weighted by Gasteiger charge is -2.10. The smallest absolute Gasteiger partial charge is 0.166 e. The van der Waals surface area contributed by atoms with E-state index in [0.29, 0.717) is 5.92 Å². The molecule has 21 heavy (non-hydrogen) atoms. The Morgan fingerprint density at radius 3 is 2.57 bits per heavy atom. The molecular weight excluding hydrogens is 260 g/mol. The quantitative estimate of drug-likeness (QED) is 0.756. The van der Waals surface area contributed by atoms with Crippen LogP contribution in [0.25, 0.3) is 0 Å². The van der Waals surface area contributed by atoms with Crippen LogP contribution in [0.2, 0.25) is 0 Å². The van der Waals surface area contributed by atoms with Crippen molar-refractivity contribution in [3.8, 4) is 5.75 Å². The second kappa shape index (κ2) is 5.72. The topological polar surface area (TPSA) is 26.3 Å². The number of benzene rings is 2. The van der Waals surface area contributed by atoms with Gasteiger partial charge < -0.3 is 4.74 Å². The van der Waals surface area contributed by atoms with Gasteiger partial charge in [-0.25, -0.2) is 0 Å². The third kappa shape index (κ3) is 3.15. The number of rotatable bonds is 5. The molecule has 0 aromatic heterocycles. The molecule has 108 valence electrons. The summed E-state index contributed by atoms with van der Waals surface area (Å²) in [6, 6.07) is 17.8. The van der Waals surface area contributed by atoms with E-state index in [1.807, 2.05) is 56.3 Å². The van der Waals surface area contributed by atoms with E-state index in [9.17, 15) is 4.79 Å². The fourth-order valence-electron chi connectivity index (χ4n) is 2.76. The molecule has 0 spiro atoms. The van der Waals surface area contributed by atoms with Gasteiger partial charge in [-0.15, -0.1) is 0 Å². The Hall–Kier alpha value is -2.09. The molecular formula is C19H20O2. The molecule has 0 N–H and O–H groups in total. The molecule has 1 fully saturated rings.